The lowest BCUT2D eigenvalue weighted by Gasteiger charge is -2.39. The summed E-state index contributed by atoms with van der Waals surface area (Å²) in [7, 11) is 0. The van der Waals surface area contributed by atoms with Crippen LogP contribution in [-0.4, -0.2) is 9.97 Å². The van der Waals surface area contributed by atoms with Crippen molar-refractivity contribution in [2.24, 2.45) is 0 Å². The number of hydrogen-bond acceptors (Lipinski definition) is 4. The number of fused-ring (bicyclic) bond motifs is 10. The lowest BCUT2D eigenvalue weighted by molar-refractivity contribution is 0.436. The van der Waals surface area contributed by atoms with Crippen molar-refractivity contribution in [3.05, 3.63) is 216 Å². The van der Waals surface area contributed by atoms with Gasteiger partial charge in [-0.05, 0) is 75.2 Å². The zero-order valence-electron chi connectivity index (χ0n) is 30.1. The second kappa shape index (κ2) is 12.5. The topological polar surface area (TPSA) is 58.8 Å². The van der Waals surface area contributed by atoms with Gasteiger partial charge < -0.3 is 4.74 Å². The third-order valence-corrected chi connectivity index (χ3v) is 11.4. The van der Waals surface area contributed by atoms with E-state index < -0.39 is 5.41 Å². The van der Waals surface area contributed by atoms with Gasteiger partial charge in [-0.15, -0.1) is 0 Å². The quantitative estimate of drug-likeness (QED) is 0.182. The Balaban J connectivity index is 1.16. The maximum absolute atomic E-state index is 9.87. The largest absolute Gasteiger partial charge is 0.457 e. The summed E-state index contributed by atoms with van der Waals surface area (Å²) in [5.74, 6) is 2.24. The highest BCUT2D eigenvalue weighted by Crippen LogP contribution is 2.62. The van der Waals surface area contributed by atoms with Gasteiger partial charge in [0, 0.05) is 33.2 Å². The van der Waals surface area contributed by atoms with Crippen LogP contribution in [0.2, 0.25) is 0 Å². The molecule has 0 bridgehead atoms. The van der Waals surface area contributed by atoms with E-state index in [9.17, 15) is 5.26 Å². The van der Waals surface area contributed by atoms with E-state index in [1.165, 1.54) is 22.3 Å². The molecule has 0 atom stereocenters. The van der Waals surface area contributed by atoms with Gasteiger partial charge in [0.1, 0.15) is 11.5 Å². The number of hydrogen-bond donors (Lipinski definition) is 0. The van der Waals surface area contributed by atoms with Gasteiger partial charge in [-0.3, -0.25) is 0 Å². The molecule has 1 aromatic heterocycles. The maximum atomic E-state index is 9.87. The van der Waals surface area contributed by atoms with Gasteiger partial charge in [-0.2, -0.15) is 5.26 Å². The lowest BCUT2D eigenvalue weighted by atomic mass is 9.65. The maximum Gasteiger partial charge on any atom is 0.160 e. The molecule has 2 aliphatic rings. The zero-order chi connectivity index (χ0) is 37.2. The van der Waals surface area contributed by atoms with Gasteiger partial charge in [0.25, 0.3) is 0 Å². The Morgan fingerprint density at radius 2 is 1.00 bits per heavy atom. The molecular formula is C52H31N3O. The van der Waals surface area contributed by atoms with E-state index in [2.05, 4.69) is 133 Å². The molecule has 8 aromatic carbocycles. The van der Waals surface area contributed by atoms with E-state index in [0.29, 0.717) is 11.4 Å². The zero-order valence-corrected chi connectivity index (χ0v) is 30.1. The van der Waals surface area contributed by atoms with Crippen LogP contribution in [0.5, 0.6) is 11.5 Å². The molecule has 2 heterocycles. The molecule has 11 rings (SSSR count). The SMILES string of the molecule is N#Cc1ccc(-c2ccc3c(c2)Oc2ccc(-c4nc(-c5ccccc5)cc(-c5ccccc5)n4)cc2C32c3ccccc3-c3ccccc32)c2ccccc12. The minimum Gasteiger partial charge on any atom is -0.457 e. The highest BCUT2D eigenvalue weighted by atomic mass is 16.5. The summed E-state index contributed by atoms with van der Waals surface area (Å²) < 4.78 is 7.00. The van der Waals surface area contributed by atoms with Crippen LogP contribution in [-0.2, 0) is 5.41 Å². The van der Waals surface area contributed by atoms with Crippen molar-refractivity contribution in [3.63, 3.8) is 0 Å². The summed E-state index contributed by atoms with van der Waals surface area (Å²) in [5, 5.41) is 11.8. The van der Waals surface area contributed by atoms with Crippen molar-refractivity contribution in [1.82, 2.24) is 9.97 Å². The van der Waals surface area contributed by atoms with Crippen LogP contribution >= 0.6 is 0 Å². The predicted molar refractivity (Wildman–Crippen MR) is 223 cm³/mol. The highest BCUT2D eigenvalue weighted by molar-refractivity contribution is 6.00. The number of nitriles is 1. The van der Waals surface area contributed by atoms with Crippen LogP contribution in [0.25, 0.3) is 66.9 Å². The first-order valence-corrected chi connectivity index (χ1v) is 18.8. The molecular weight excluding hydrogens is 683 g/mol. The average molecular weight is 714 g/mol. The van der Waals surface area contributed by atoms with Crippen LogP contribution in [0.1, 0.15) is 27.8 Å². The third-order valence-electron chi connectivity index (χ3n) is 11.4. The van der Waals surface area contributed by atoms with E-state index in [4.69, 9.17) is 14.7 Å². The molecule has 1 aliphatic heterocycles. The molecule has 0 radical (unpaired) electrons. The van der Waals surface area contributed by atoms with E-state index in [1.807, 2.05) is 60.7 Å². The first kappa shape index (κ1) is 31.9. The summed E-state index contributed by atoms with van der Waals surface area (Å²) in [5.41, 5.74) is 13.7. The van der Waals surface area contributed by atoms with Crippen molar-refractivity contribution >= 4 is 10.8 Å². The molecule has 260 valence electrons. The van der Waals surface area contributed by atoms with Crippen molar-refractivity contribution in [2.45, 2.75) is 5.41 Å². The molecule has 0 N–H and O–H groups in total. The van der Waals surface area contributed by atoms with Gasteiger partial charge in [0.2, 0.25) is 0 Å². The fourth-order valence-corrected chi connectivity index (χ4v) is 8.95. The second-order valence-electron chi connectivity index (χ2n) is 14.4. The molecule has 0 amide bonds. The van der Waals surface area contributed by atoms with E-state index in [0.717, 1.165) is 72.6 Å². The smallest absolute Gasteiger partial charge is 0.160 e. The Labute approximate surface area is 324 Å². The van der Waals surface area contributed by atoms with Crippen LogP contribution in [0, 0.1) is 11.3 Å². The van der Waals surface area contributed by atoms with Crippen LogP contribution in [0.4, 0.5) is 0 Å². The molecule has 1 aliphatic carbocycles. The number of aromatic nitrogens is 2. The summed E-state index contributed by atoms with van der Waals surface area (Å²) >= 11 is 0. The van der Waals surface area contributed by atoms with Gasteiger partial charge in [-0.25, -0.2) is 9.97 Å². The summed E-state index contributed by atoms with van der Waals surface area (Å²) in [6, 6.07) is 67.7. The standard InChI is InChI=1S/C52H31N3O/c53-32-37-23-26-39(40-18-8-7-17-38(37)40)35-24-27-45-50(30-35)56-49-28-25-36(29-46(49)52(45)43-21-11-9-19-41(43)42-20-10-12-22-44(42)52)51-54-47(33-13-3-1-4-14-33)31-48(55-51)34-15-5-2-6-16-34/h1-31H. The molecule has 0 saturated carbocycles. The summed E-state index contributed by atoms with van der Waals surface area (Å²) in [4.78, 5) is 10.4. The van der Waals surface area contributed by atoms with E-state index >= 15 is 0 Å². The summed E-state index contributed by atoms with van der Waals surface area (Å²) in [6.07, 6.45) is 0. The highest BCUT2D eigenvalue weighted by Gasteiger charge is 2.51. The van der Waals surface area contributed by atoms with Gasteiger partial charge >= 0.3 is 0 Å². The normalized spacial score (nSPS) is 12.9. The Morgan fingerprint density at radius 3 is 1.66 bits per heavy atom. The summed E-state index contributed by atoms with van der Waals surface area (Å²) in [6.45, 7) is 0. The minimum atomic E-state index is -0.670. The molecule has 1 spiro atoms. The molecule has 9 aromatic rings. The van der Waals surface area contributed by atoms with E-state index in [1.54, 1.807) is 0 Å². The fraction of sp³-hybridized carbons (Fsp3) is 0.0192. The lowest BCUT2D eigenvalue weighted by Crippen LogP contribution is -2.32. The Hall–Kier alpha value is -7.61. The van der Waals surface area contributed by atoms with Crippen LogP contribution < -0.4 is 4.74 Å². The number of benzene rings is 8. The van der Waals surface area contributed by atoms with Crippen LogP contribution in [0.15, 0.2) is 188 Å². The monoisotopic (exact) mass is 713 g/mol. The number of nitrogens with zero attached hydrogens (tertiary/aromatic N) is 3. The van der Waals surface area contributed by atoms with Gasteiger partial charge in [0.05, 0.1) is 28.4 Å². The predicted octanol–water partition coefficient (Wildman–Crippen LogP) is 12.6. The first-order valence-electron chi connectivity index (χ1n) is 18.8. The Morgan fingerprint density at radius 1 is 0.411 bits per heavy atom. The van der Waals surface area contributed by atoms with Crippen LogP contribution in [0.3, 0.4) is 0 Å². The van der Waals surface area contributed by atoms with Crippen molar-refractivity contribution in [1.29, 1.82) is 5.26 Å². The van der Waals surface area contributed by atoms with Crippen molar-refractivity contribution in [2.75, 3.05) is 0 Å². The second-order valence-corrected chi connectivity index (χ2v) is 14.4. The first-order chi connectivity index (χ1) is 27.7. The van der Waals surface area contributed by atoms with E-state index in [-0.39, 0.29) is 0 Å². The molecule has 4 nitrogen and oxygen atoms in total. The molecule has 0 fully saturated rings. The molecule has 0 saturated heterocycles. The van der Waals surface area contributed by atoms with Crippen molar-refractivity contribution in [3.8, 4) is 73.7 Å². The van der Waals surface area contributed by atoms with Gasteiger partial charge in [0.15, 0.2) is 5.82 Å². The van der Waals surface area contributed by atoms with Crippen molar-refractivity contribution < 1.29 is 4.74 Å². The number of rotatable bonds is 4. The Bertz CT molecular complexity index is 2970. The third kappa shape index (κ3) is 4.71. The minimum absolute atomic E-state index is 0.650. The fourth-order valence-electron chi connectivity index (χ4n) is 8.95. The average Bonchev–Trinajstić information content (AvgIpc) is 3.57. The number of ether oxygens (including phenoxy) is 1. The molecule has 4 heteroatoms. The Kier molecular flexibility index (Phi) is 7.10. The molecule has 56 heavy (non-hydrogen) atoms. The molecule has 0 unspecified atom stereocenters. The van der Waals surface area contributed by atoms with Gasteiger partial charge in [-0.1, -0.05) is 152 Å².